The summed E-state index contributed by atoms with van der Waals surface area (Å²) in [6.45, 7) is 6.03. The lowest BCUT2D eigenvalue weighted by Gasteiger charge is -2.31. The quantitative estimate of drug-likeness (QED) is 0.657. The molecule has 1 heterocycles. The summed E-state index contributed by atoms with van der Waals surface area (Å²) in [5, 5.41) is 2.84. The van der Waals surface area contributed by atoms with E-state index in [2.05, 4.69) is 16.8 Å². The Kier molecular flexibility index (Phi) is 7.14. The predicted molar refractivity (Wildman–Crippen MR) is 118 cm³/mol. The van der Waals surface area contributed by atoms with Crippen molar-refractivity contribution < 1.29 is 17.9 Å². The molecule has 2 aromatic rings. The molecule has 9 heteroatoms. The first-order chi connectivity index (χ1) is 14.3. The minimum atomic E-state index is -3.79. The largest absolute Gasteiger partial charge is 0.490 e. The number of hydrogen-bond acceptors (Lipinski definition) is 5. The zero-order valence-corrected chi connectivity index (χ0v) is 18.2. The highest BCUT2D eigenvalue weighted by atomic mass is 35.5. The molecule has 160 valence electrons. The Morgan fingerprint density at radius 2 is 1.83 bits per heavy atom. The maximum atomic E-state index is 13.0. The predicted octanol–water partition coefficient (Wildman–Crippen LogP) is 3.09. The Bertz CT molecular complexity index is 1020. The second-order valence-corrected chi connectivity index (χ2v) is 9.24. The lowest BCUT2D eigenvalue weighted by Crippen LogP contribution is -2.47. The minimum Gasteiger partial charge on any atom is -0.490 e. The average Bonchev–Trinajstić information content (AvgIpc) is 2.73. The number of benzene rings is 2. The van der Waals surface area contributed by atoms with E-state index >= 15 is 0 Å². The van der Waals surface area contributed by atoms with Crippen LogP contribution in [0.15, 0.2) is 60.0 Å². The fraction of sp³-hybridized carbons (Fsp3) is 0.286. The second-order valence-electron chi connectivity index (χ2n) is 6.93. The number of carbonyl (C=O) groups is 1. The van der Waals surface area contributed by atoms with Crippen molar-refractivity contribution in [2.24, 2.45) is 0 Å². The first-order valence-electron chi connectivity index (χ1n) is 9.44. The van der Waals surface area contributed by atoms with Gasteiger partial charge in [0.05, 0.1) is 5.02 Å². The Balaban J connectivity index is 1.77. The van der Waals surface area contributed by atoms with Gasteiger partial charge in [0.2, 0.25) is 10.0 Å². The molecule has 0 aromatic heterocycles. The van der Waals surface area contributed by atoms with E-state index in [9.17, 15) is 13.2 Å². The van der Waals surface area contributed by atoms with Crippen LogP contribution in [0.1, 0.15) is 10.4 Å². The van der Waals surface area contributed by atoms with E-state index in [1.165, 1.54) is 22.5 Å². The summed E-state index contributed by atoms with van der Waals surface area (Å²) < 4.78 is 32.9. The zero-order chi connectivity index (χ0) is 21.7. The zero-order valence-electron chi connectivity index (χ0n) is 16.7. The molecular weight excluding hydrogens is 426 g/mol. The van der Waals surface area contributed by atoms with Gasteiger partial charge in [-0.3, -0.25) is 4.79 Å². The molecule has 0 atom stereocenters. The van der Waals surface area contributed by atoms with E-state index in [1.807, 2.05) is 7.05 Å². The first kappa shape index (κ1) is 22.3. The molecule has 1 N–H and O–H groups in total. The van der Waals surface area contributed by atoms with Crippen LogP contribution in [0.4, 0.5) is 5.69 Å². The van der Waals surface area contributed by atoms with Gasteiger partial charge in [-0.2, -0.15) is 4.31 Å². The number of sulfonamides is 1. The number of hydrogen-bond donors (Lipinski definition) is 1. The van der Waals surface area contributed by atoms with Crippen LogP contribution in [0.25, 0.3) is 0 Å². The minimum absolute atomic E-state index is 0.0606. The maximum Gasteiger partial charge on any atom is 0.255 e. The molecule has 3 rings (SSSR count). The van der Waals surface area contributed by atoms with Crippen molar-refractivity contribution in [3.05, 3.63) is 65.7 Å². The van der Waals surface area contributed by atoms with Crippen LogP contribution in [-0.2, 0) is 10.0 Å². The van der Waals surface area contributed by atoms with Gasteiger partial charge in [-0.05, 0) is 49.5 Å². The van der Waals surface area contributed by atoms with Gasteiger partial charge in [0.1, 0.15) is 17.3 Å². The van der Waals surface area contributed by atoms with Crippen LogP contribution in [0.3, 0.4) is 0 Å². The highest BCUT2D eigenvalue weighted by molar-refractivity contribution is 7.89. The molecule has 1 saturated heterocycles. The molecule has 0 spiro atoms. The van der Waals surface area contributed by atoms with E-state index in [0.717, 1.165) is 0 Å². The van der Waals surface area contributed by atoms with Crippen molar-refractivity contribution in [1.29, 1.82) is 0 Å². The van der Waals surface area contributed by atoms with Gasteiger partial charge in [0, 0.05) is 37.4 Å². The van der Waals surface area contributed by atoms with Gasteiger partial charge >= 0.3 is 0 Å². The molecule has 1 fully saturated rings. The molecule has 0 saturated carbocycles. The molecule has 1 aliphatic rings. The van der Waals surface area contributed by atoms with Crippen LogP contribution in [0, 0.1) is 0 Å². The molecule has 0 bridgehead atoms. The molecule has 1 amide bonds. The molecule has 7 nitrogen and oxygen atoms in total. The van der Waals surface area contributed by atoms with Crippen molar-refractivity contribution in [3.63, 3.8) is 0 Å². The average molecular weight is 450 g/mol. The SMILES string of the molecule is C=CCOc1ccc(NC(=O)c2ccc(Cl)c(S(=O)(=O)N3CCN(C)CC3)c2)cc1. The fourth-order valence-corrected chi connectivity index (χ4v) is 4.93. The van der Waals surface area contributed by atoms with Crippen molar-refractivity contribution in [3.8, 4) is 5.75 Å². The smallest absolute Gasteiger partial charge is 0.255 e. The fourth-order valence-electron chi connectivity index (χ4n) is 3.00. The van der Waals surface area contributed by atoms with Crippen LogP contribution >= 0.6 is 11.6 Å². The highest BCUT2D eigenvalue weighted by Gasteiger charge is 2.30. The van der Waals surface area contributed by atoms with Gasteiger partial charge in [0.15, 0.2) is 0 Å². The maximum absolute atomic E-state index is 13.0. The molecule has 0 unspecified atom stereocenters. The van der Waals surface area contributed by atoms with E-state index < -0.39 is 15.9 Å². The second kappa shape index (κ2) is 9.61. The van der Waals surface area contributed by atoms with Crippen LogP contribution in [0.2, 0.25) is 5.02 Å². The van der Waals surface area contributed by atoms with Crippen molar-refractivity contribution in [2.45, 2.75) is 4.90 Å². The van der Waals surface area contributed by atoms with Gasteiger partial charge < -0.3 is 15.0 Å². The van der Waals surface area contributed by atoms with Gasteiger partial charge in [0.25, 0.3) is 5.91 Å². The number of rotatable bonds is 7. The number of amides is 1. The van der Waals surface area contributed by atoms with Crippen LogP contribution < -0.4 is 10.1 Å². The Labute approximate surface area is 181 Å². The van der Waals surface area contributed by atoms with Gasteiger partial charge in [-0.1, -0.05) is 24.3 Å². The highest BCUT2D eigenvalue weighted by Crippen LogP contribution is 2.27. The number of likely N-dealkylation sites (N-methyl/N-ethyl adjacent to an activating group) is 1. The summed E-state index contributed by atoms with van der Waals surface area (Å²) in [7, 11) is -1.84. The molecule has 0 radical (unpaired) electrons. The van der Waals surface area contributed by atoms with Crippen molar-refractivity contribution >= 4 is 33.2 Å². The van der Waals surface area contributed by atoms with Gasteiger partial charge in [-0.25, -0.2) is 8.42 Å². The Morgan fingerprint density at radius 1 is 1.17 bits per heavy atom. The molecular formula is C21H24ClN3O4S. The number of anilines is 1. The standard InChI is InChI=1S/C21H24ClN3O4S/c1-3-14-29-18-7-5-17(6-8-18)23-21(26)16-4-9-19(22)20(15-16)30(27,28)25-12-10-24(2)11-13-25/h3-9,15H,1,10-14H2,2H3,(H,23,26). The number of ether oxygens (including phenoxy) is 1. The summed E-state index contributed by atoms with van der Waals surface area (Å²) in [6.07, 6.45) is 1.64. The third kappa shape index (κ3) is 5.20. The molecule has 30 heavy (non-hydrogen) atoms. The van der Waals surface area contributed by atoms with Crippen LogP contribution in [-0.4, -0.2) is 63.4 Å². The monoisotopic (exact) mass is 449 g/mol. The normalized spacial score (nSPS) is 15.5. The first-order valence-corrected chi connectivity index (χ1v) is 11.3. The van der Waals surface area contributed by atoms with E-state index in [-0.39, 0.29) is 15.5 Å². The van der Waals surface area contributed by atoms with E-state index in [0.29, 0.717) is 44.2 Å². The topological polar surface area (TPSA) is 78.9 Å². The van der Waals surface area contributed by atoms with E-state index in [4.69, 9.17) is 16.3 Å². The van der Waals surface area contributed by atoms with Crippen molar-refractivity contribution in [2.75, 3.05) is 45.2 Å². The van der Waals surface area contributed by atoms with Crippen molar-refractivity contribution in [1.82, 2.24) is 9.21 Å². The Hall–Kier alpha value is -2.39. The third-order valence-corrected chi connectivity index (χ3v) is 7.13. The lowest BCUT2D eigenvalue weighted by atomic mass is 10.2. The van der Waals surface area contributed by atoms with E-state index in [1.54, 1.807) is 30.3 Å². The summed E-state index contributed by atoms with van der Waals surface area (Å²) in [5.74, 6) is 0.223. The summed E-state index contributed by atoms with van der Waals surface area (Å²) in [4.78, 5) is 14.7. The summed E-state index contributed by atoms with van der Waals surface area (Å²) >= 11 is 6.18. The molecule has 0 aliphatic carbocycles. The third-order valence-electron chi connectivity index (χ3n) is 4.75. The molecule has 2 aromatic carbocycles. The number of nitrogens with one attached hydrogen (secondary N) is 1. The van der Waals surface area contributed by atoms with Gasteiger partial charge in [-0.15, -0.1) is 0 Å². The molecule has 1 aliphatic heterocycles. The summed E-state index contributed by atoms with van der Waals surface area (Å²) in [6, 6.07) is 11.1. The van der Waals surface area contributed by atoms with Crippen LogP contribution in [0.5, 0.6) is 5.75 Å². The number of halogens is 1. The Morgan fingerprint density at radius 3 is 2.47 bits per heavy atom. The number of nitrogens with zero attached hydrogens (tertiary/aromatic N) is 2. The number of piperazine rings is 1. The lowest BCUT2D eigenvalue weighted by molar-refractivity contribution is 0.102. The summed E-state index contributed by atoms with van der Waals surface area (Å²) in [5.41, 5.74) is 0.767. The number of carbonyl (C=O) groups excluding carboxylic acids is 1.